The smallest absolute Gasteiger partial charge is 0.355 e. The van der Waals surface area contributed by atoms with Gasteiger partial charge in [0.2, 0.25) is 0 Å². The predicted molar refractivity (Wildman–Crippen MR) is 63.0 cm³/mol. The zero-order valence-corrected chi connectivity index (χ0v) is 11.0. The molecule has 1 aromatic rings. The number of hydrogen-bond acceptors (Lipinski definition) is 4. The summed E-state index contributed by atoms with van der Waals surface area (Å²) in [7, 11) is 1.62. The number of nitrogens with zero attached hydrogens (tertiary/aromatic N) is 1. The Bertz CT molecular complexity index is 392. The highest BCUT2D eigenvalue weighted by molar-refractivity contribution is 7.11. The van der Waals surface area contributed by atoms with E-state index in [-0.39, 0.29) is 17.2 Å². The zero-order chi connectivity index (χ0) is 12.5. The van der Waals surface area contributed by atoms with Crippen molar-refractivity contribution >= 4 is 17.3 Å². The molecule has 0 saturated heterocycles. The summed E-state index contributed by atoms with van der Waals surface area (Å²) in [5.74, 6) is -0.983. The van der Waals surface area contributed by atoms with Crippen LogP contribution in [0.2, 0.25) is 0 Å². The fourth-order valence-corrected chi connectivity index (χ4v) is 2.79. The molecule has 1 unspecified atom stereocenters. The molecule has 0 fully saturated rings. The number of carboxylic acid groups (broad SMARTS) is 1. The normalized spacial score (nSPS) is 13.8. The Balaban J connectivity index is 3.13. The number of thiazole rings is 1. The van der Waals surface area contributed by atoms with Crippen LogP contribution in [-0.4, -0.2) is 23.2 Å². The van der Waals surface area contributed by atoms with Crippen molar-refractivity contribution in [2.75, 3.05) is 7.11 Å². The topological polar surface area (TPSA) is 59.4 Å². The first kappa shape index (κ1) is 13.1. The maximum Gasteiger partial charge on any atom is 0.355 e. The van der Waals surface area contributed by atoms with E-state index in [0.717, 1.165) is 5.01 Å². The van der Waals surface area contributed by atoms with Crippen LogP contribution in [0.5, 0.6) is 0 Å². The number of aromatic carboxylic acids is 1. The van der Waals surface area contributed by atoms with Crippen LogP contribution in [0.15, 0.2) is 0 Å². The van der Waals surface area contributed by atoms with Crippen molar-refractivity contribution < 1.29 is 14.6 Å². The lowest BCUT2D eigenvalue weighted by molar-refractivity contribution is 0.0149. The first-order valence-corrected chi connectivity index (χ1v) is 5.82. The fraction of sp³-hybridized carbons (Fsp3) is 0.636. The molecule has 1 rings (SSSR count). The van der Waals surface area contributed by atoms with Gasteiger partial charge in [0, 0.05) is 12.0 Å². The van der Waals surface area contributed by atoms with Gasteiger partial charge >= 0.3 is 5.97 Å². The summed E-state index contributed by atoms with van der Waals surface area (Å²) in [5.41, 5.74) is 0.0285. The van der Waals surface area contributed by atoms with Crippen molar-refractivity contribution in [3.63, 3.8) is 0 Å². The van der Waals surface area contributed by atoms with E-state index in [2.05, 4.69) is 4.98 Å². The lowest BCUT2D eigenvalue weighted by atomic mass is 9.89. The van der Waals surface area contributed by atoms with E-state index in [9.17, 15) is 4.79 Å². The Kier molecular flexibility index (Phi) is 3.70. The molecule has 16 heavy (non-hydrogen) atoms. The van der Waals surface area contributed by atoms with E-state index < -0.39 is 5.97 Å². The molecule has 1 aromatic heterocycles. The van der Waals surface area contributed by atoms with Gasteiger partial charge < -0.3 is 9.84 Å². The Morgan fingerprint density at radius 3 is 2.38 bits per heavy atom. The van der Waals surface area contributed by atoms with Crippen LogP contribution in [0.4, 0.5) is 0 Å². The lowest BCUT2D eigenvalue weighted by Gasteiger charge is -2.27. The van der Waals surface area contributed by atoms with Gasteiger partial charge in [-0.1, -0.05) is 20.8 Å². The van der Waals surface area contributed by atoms with E-state index >= 15 is 0 Å². The molecule has 4 nitrogen and oxygen atoms in total. The van der Waals surface area contributed by atoms with E-state index in [1.165, 1.54) is 11.3 Å². The van der Waals surface area contributed by atoms with Gasteiger partial charge in [-0.05, 0) is 12.3 Å². The second kappa shape index (κ2) is 4.51. The lowest BCUT2D eigenvalue weighted by Crippen LogP contribution is -2.20. The molecule has 0 radical (unpaired) electrons. The number of aryl methyl sites for hydroxylation is 1. The molecule has 90 valence electrons. The number of aromatic nitrogens is 1. The largest absolute Gasteiger partial charge is 0.476 e. The minimum atomic E-state index is -0.983. The summed E-state index contributed by atoms with van der Waals surface area (Å²) in [4.78, 5) is 15.8. The summed E-state index contributed by atoms with van der Waals surface area (Å²) >= 11 is 1.39. The molecule has 5 heteroatoms. The third kappa shape index (κ3) is 2.59. The third-order valence-electron chi connectivity index (χ3n) is 2.26. The van der Waals surface area contributed by atoms with Crippen molar-refractivity contribution in [3.8, 4) is 0 Å². The van der Waals surface area contributed by atoms with Crippen LogP contribution in [0.1, 0.15) is 47.2 Å². The number of rotatable bonds is 3. The number of carboxylic acids is 1. The van der Waals surface area contributed by atoms with Gasteiger partial charge in [0.15, 0.2) is 5.69 Å². The maximum absolute atomic E-state index is 10.9. The van der Waals surface area contributed by atoms with E-state index in [0.29, 0.717) is 4.88 Å². The molecule has 0 aliphatic rings. The summed E-state index contributed by atoms with van der Waals surface area (Å²) in [5, 5.41) is 9.67. The Labute approximate surface area is 99.3 Å². The van der Waals surface area contributed by atoms with E-state index in [1.54, 1.807) is 14.0 Å². The van der Waals surface area contributed by atoms with Crippen molar-refractivity contribution in [1.29, 1.82) is 0 Å². The summed E-state index contributed by atoms with van der Waals surface area (Å²) in [6.07, 6.45) is -0.177. The van der Waals surface area contributed by atoms with Gasteiger partial charge in [0.05, 0.1) is 0 Å². The van der Waals surface area contributed by atoms with E-state index in [1.807, 2.05) is 20.8 Å². The summed E-state index contributed by atoms with van der Waals surface area (Å²) in [6.45, 7) is 7.88. The molecule has 0 saturated carbocycles. The molecular formula is C11H17NO3S. The molecule has 0 amide bonds. The zero-order valence-electron chi connectivity index (χ0n) is 10.2. The van der Waals surface area contributed by atoms with Crippen LogP contribution in [0, 0.1) is 12.3 Å². The Morgan fingerprint density at radius 1 is 1.50 bits per heavy atom. The fourth-order valence-electron chi connectivity index (χ4n) is 1.55. The summed E-state index contributed by atoms with van der Waals surface area (Å²) in [6, 6.07) is 0. The van der Waals surface area contributed by atoms with Gasteiger partial charge in [-0.15, -0.1) is 11.3 Å². The van der Waals surface area contributed by atoms with Gasteiger partial charge in [-0.3, -0.25) is 0 Å². The molecular weight excluding hydrogens is 226 g/mol. The monoisotopic (exact) mass is 243 g/mol. The Hall–Kier alpha value is -0.940. The maximum atomic E-state index is 10.9. The standard InChI is InChI=1S/C11H17NO3S/c1-6-7(10(13)14)12-9(16-6)8(15-5)11(2,3)4/h8H,1-5H3,(H,13,14). The van der Waals surface area contributed by atoms with Gasteiger partial charge in [0.25, 0.3) is 0 Å². The minimum Gasteiger partial charge on any atom is -0.476 e. The highest BCUT2D eigenvalue weighted by atomic mass is 32.1. The minimum absolute atomic E-state index is 0.102. The first-order chi connectivity index (χ1) is 7.27. The SMILES string of the molecule is COC(c1nc(C(=O)O)c(C)s1)C(C)(C)C. The molecule has 1 heterocycles. The van der Waals surface area contributed by atoms with Gasteiger partial charge in [0.1, 0.15) is 11.1 Å². The van der Waals surface area contributed by atoms with Crippen molar-refractivity contribution in [3.05, 3.63) is 15.6 Å². The molecule has 0 spiro atoms. The van der Waals surface area contributed by atoms with Crippen molar-refractivity contribution in [2.24, 2.45) is 5.41 Å². The van der Waals surface area contributed by atoms with Crippen LogP contribution >= 0.6 is 11.3 Å². The second-order valence-corrected chi connectivity index (χ2v) is 5.98. The Morgan fingerprint density at radius 2 is 2.06 bits per heavy atom. The van der Waals surface area contributed by atoms with Crippen LogP contribution < -0.4 is 0 Å². The quantitative estimate of drug-likeness (QED) is 0.886. The van der Waals surface area contributed by atoms with Gasteiger partial charge in [-0.2, -0.15) is 0 Å². The molecule has 0 aromatic carbocycles. The van der Waals surface area contributed by atoms with Crippen LogP contribution in [-0.2, 0) is 4.74 Å². The predicted octanol–water partition coefficient (Wildman–Crippen LogP) is 2.88. The van der Waals surface area contributed by atoms with Crippen LogP contribution in [0.25, 0.3) is 0 Å². The van der Waals surface area contributed by atoms with Crippen molar-refractivity contribution in [1.82, 2.24) is 4.98 Å². The third-order valence-corrected chi connectivity index (χ3v) is 3.28. The van der Waals surface area contributed by atoms with Gasteiger partial charge in [-0.25, -0.2) is 9.78 Å². The van der Waals surface area contributed by atoms with Crippen LogP contribution in [0.3, 0.4) is 0 Å². The average molecular weight is 243 g/mol. The van der Waals surface area contributed by atoms with E-state index in [4.69, 9.17) is 9.84 Å². The number of ether oxygens (including phenoxy) is 1. The summed E-state index contributed by atoms with van der Waals surface area (Å²) < 4.78 is 5.40. The molecule has 0 aliphatic carbocycles. The molecule has 0 bridgehead atoms. The van der Waals surface area contributed by atoms with Crippen molar-refractivity contribution in [2.45, 2.75) is 33.8 Å². The second-order valence-electron chi connectivity index (χ2n) is 4.74. The first-order valence-electron chi connectivity index (χ1n) is 5.00. The number of carbonyl (C=O) groups is 1. The molecule has 0 aliphatic heterocycles. The number of hydrogen-bond donors (Lipinski definition) is 1. The highest BCUT2D eigenvalue weighted by Crippen LogP contribution is 2.38. The average Bonchev–Trinajstić information content (AvgIpc) is 2.45. The highest BCUT2D eigenvalue weighted by Gasteiger charge is 2.30. The number of methoxy groups -OCH3 is 1. The molecule has 1 atom stereocenters. The molecule has 1 N–H and O–H groups in total.